The van der Waals surface area contributed by atoms with Crippen LogP contribution in [0, 0.1) is 0 Å². The van der Waals surface area contributed by atoms with E-state index in [0.29, 0.717) is 12.6 Å². The minimum Gasteiger partial charge on any atom is -0.373 e. The van der Waals surface area contributed by atoms with Crippen LogP contribution in [0.5, 0.6) is 0 Å². The third kappa shape index (κ3) is 4.35. The number of nitrogens with zero attached hydrogens (tertiary/aromatic N) is 2. The number of carbonyl (C=O) groups is 1. The highest BCUT2D eigenvalue weighted by atomic mass is 16.5. The van der Waals surface area contributed by atoms with Gasteiger partial charge in [0.05, 0.1) is 12.2 Å². The molecular weight excluding hydrogens is 278 g/mol. The smallest absolute Gasteiger partial charge is 0.317 e. The lowest BCUT2D eigenvalue weighted by Crippen LogP contribution is -2.60. The molecule has 0 radical (unpaired) electrons. The summed E-state index contributed by atoms with van der Waals surface area (Å²) in [5.41, 5.74) is -0.0546. The van der Waals surface area contributed by atoms with Gasteiger partial charge >= 0.3 is 6.03 Å². The first-order valence-corrected chi connectivity index (χ1v) is 8.74. The number of piperidine rings is 1. The Morgan fingerprint density at radius 3 is 2.41 bits per heavy atom. The van der Waals surface area contributed by atoms with Gasteiger partial charge in [0.2, 0.25) is 0 Å². The van der Waals surface area contributed by atoms with Gasteiger partial charge in [0.25, 0.3) is 0 Å². The van der Waals surface area contributed by atoms with Gasteiger partial charge in [-0.05, 0) is 53.9 Å². The van der Waals surface area contributed by atoms with E-state index in [9.17, 15) is 4.79 Å². The maximum Gasteiger partial charge on any atom is 0.317 e. The number of amides is 2. The Bertz CT molecular complexity index is 376. The van der Waals surface area contributed by atoms with Crippen LogP contribution in [-0.4, -0.2) is 65.8 Å². The van der Waals surface area contributed by atoms with Crippen LogP contribution in [0.15, 0.2) is 0 Å². The van der Waals surface area contributed by atoms with Crippen molar-refractivity contribution >= 4 is 6.03 Å². The molecule has 2 amide bonds. The third-order valence-electron chi connectivity index (χ3n) is 5.01. The summed E-state index contributed by atoms with van der Waals surface area (Å²) in [5, 5.41) is 3.15. The van der Waals surface area contributed by atoms with Gasteiger partial charge in [-0.2, -0.15) is 0 Å². The lowest BCUT2D eigenvalue weighted by atomic mass is 10.00. The normalized spacial score (nSPS) is 31.1. The number of morpholine rings is 1. The zero-order valence-electron chi connectivity index (χ0n) is 14.9. The lowest BCUT2D eigenvalue weighted by molar-refractivity contribution is -0.0949. The molecule has 0 saturated carbocycles. The first-order valence-electron chi connectivity index (χ1n) is 8.74. The summed E-state index contributed by atoms with van der Waals surface area (Å²) in [6, 6.07) is 0.454. The Kier molecular flexibility index (Phi) is 5.72. The summed E-state index contributed by atoms with van der Waals surface area (Å²) in [5.74, 6) is 0. The third-order valence-corrected chi connectivity index (χ3v) is 5.01. The van der Waals surface area contributed by atoms with Gasteiger partial charge in [-0.25, -0.2) is 4.79 Å². The summed E-state index contributed by atoms with van der Waals surface area (Å²) in [6.45, 7) is 14.2. The molecule has 2 rings (SSSR count). The second-order valence-electron chi connectivity index (χ2n) is 7.67. The second kappa shape index (κ2) is 7.18. The summed E-state index contributed by atoms with van der Waals surface area (Å²) >= 11 is 0. The van der Waals surface area contributed by atoms with Crippen molar-refractivity contribution in [3.63, 3.8) is 0 Å². The van der Waals surface area contributed by atoms with Crippen LogP contribution in [0.1, 0.15) is 53.9 Å². The van der Waals surface area contributed by atoms with Crippen molar-refractivity contribution in [1.82, 2.24) is 15.1 Å². The van der Waals surface area contributed by atoms with Crippen LogP contribution in [-0.2, 0) is 4.74 Å². The molecule has 2 saturated heterocycles. The van der Waals surface area contributed by atoms with Gasteiger partial charge in [-0.15, -0.1) is 0 Å². The minimum absolute atomic E-state index is 0.0546. The van der Waals surface area contributed by atoms with E-state index in [4.69, 9.17) is 4.74 Å². The Hall–Kier alpha value is -0.810. The fourth-order valence-corrected chi connectivity index (χ4v) is 3.58. The quantitative estimate of drug-likeness (QED) is 0.871. The molecule has 0 bridgehead atoms. The maximum absolute atomic E-state index is 12.4. The molecule has 2 aliphatic rings. The Morgan fingerprint density at radius 1 is 1.18 bits per heavy atom. The number of carbonyl (C=O) groups excluding carboxylic acids is 1. The number of nitrogens with one attached hydrogen (secondary N) is 1. The molecule has 128 valence electrons. The molecule has 0 aromatic heterocycles. The molecule has 2 fully saturated rings. The topological polar surface area (TPSA) is 44.8 Å². The molecule has 5 nitrogen and oxygen atoms in total. The molecule has 5 heteroatoms. The van der Waals surface area contributed by atoms with Crippen molar-refractivity contribution in [3.8, 4) is 0 Å². The van der Waals surface area contributed by atoms with Crippen molar-refractivity contribution in [2.24, 2.45) is 0 Å². The van der Waals surface area contributed by atoms with Crippen molar-refractivity contribution < 1.29 is 9.53 Å². The highest BCUT2D eigenvalue weighted by Gasteiger charge is 2.34. The maximum atomic E-state index is 12.4. The van der Waals surface area contributed by atoms with E-state index in [0.717, 1.165) is 32.5 Å². The monoisotopic (exact) mass is 311 g/mol. The van der Waals surface area contributed by atoms with Crippen molar-refractivity contribution in [1.29, 1.82) is 0 Å². The van der Waals surface area contributed by atoms with Crippen LogP contribution in [0.2, 0.25) is 0 Å². The summed E-state index contributed by atoms with van der Waals surface area (Å²) in [7, 11) is 0. The van der Waals surface area contributed by atoms with E-state index in [1.54, 1.807) is 0 Å². The van der Waals surface area contributed by atoms with Gasteiger partial charge in [-0.3, -0.25) is 4.90 Å². The van der Waals surface area contributed by atoms with Crippen molar-refractivity contribution in [3.05, 3.63) is 0 Å². The van der Waals surface area contributed by atoms with E-state index in [1.165, 1.54) is 6.42 Å². The predicted molar refractivity (Wildman–Crippen MR) is 89.1 cm³/mol. The minimum atomic E-state index is -0.0546. The molecule has 3 unspecified atom stereocenters. The number of ether oxygens (including phenoxy) is 1. The van der Waals surface area contributed by atoms with E-state index in [-0.39, 0.29) is 23.8 Å². The average Bonchev–Trinajstić information content (AvgIpc) is 2.44. The Morgan fingerprint density at radius 2 is 1.82 bits per heavy atom. The first-order chi connectivity index (χ1) is 10.3. The molecule has 1 N–H and O–H groups in total. The highest BCUT2D eigenvalue weighted by molar-refractivity contribution is 5.74. The predicted octanol–water partition coefficient (Wildman–Crippen LogP) is 2.46. The number of hydrogen-bond acceptors (Lipinski definition) is 3. The van der Waals surface area contributed by atoms with Crippen LogP contribution < -0.4 is 5.32 Å². The first kappa shape index (κ1) is 17.5. The van der Waals surface area contributed by atoms with Crippen LogP contribution in [0.3, 0.4) is 0 Å². The van der Waals surface area contributed by atoms with E-state index in [1.807, 2.05) is 4.90 Å². The molecule has 0 aromatic rings. The average molecular weight is 311 g/mol. The summed E-state index contributed by atoms with van der Waals surface area (Å²) in [6.07, 6.45) is 3.98. The van der Waals surface area contributed by atoms with E-state index < -0.39 is 0 Å². The zero-order chi connectivity index (χ0) is 16.3. The lowest BCUT2D eigenvalue weighted by Gasteiger charge is -2.45. The SMILES string of the molecule is CC1CN(C(C)(C)CNC(=O)N2CCCCC2C)CC(C)O1. The number of urea groups is 1. The molecule has 22 heavy (non-hydrogen) atoms. The van der Waals surface area contributed by atoms with E-state index in [2.05, 4.69) is 44.8 Å². The largest absolute Gasteiger partial charge is 0.373 e. The van der Waals surface area contributed by atoms with Crippen LogP contribution >= 0.6 is 0 Å². The molecular formula is C17H33N3O2. The van der Waals surface area contributed by atoms with Gasteiger partial charge < -0.3 is 15.0 Å². The summed E-state index contributed by atoms with van der Waals surface area (Å²) < 4.78 is 5.81. The molecule has 0 aliphatic carbocycles. The molecule has 2 aliphatic heterocycles. The number of likely N-dealkylation sites (tertiary alicyclic amines) is 1. The van der Waals surface area contributed by atoms with Crippen LogP contribution in [0.25, 0.3) is 0 Å². The van der Waals surface area contributed by atoms with Gasteiger partial charge in [-0.1, -0.05) is 0 Å². The van der Waals surface area contributed by atoms with Gasteiger partial charge in [0.1, 0.15) is 0 Å². The fourth-order valence-electron chi connectivity index (χ4n) is 3.58. The standard InChI is InChI=1S/C17H33N3O2/c1-13-8-6-7-9-20(13)16(21)18-12-17(4,5)19-10-14(2)22-15(3)11-19/h13-15H,6-12H2,1-5H3,(H,18,21). The van der Waals surface area contributed by atoms with Gasteiger partial charge in [0, 0.05) is 37.8 Å². The highest BCUT2D eigenvalue weighted by Crippen LogP contribution is 2.21. The van der Waals surface area contributed by atoms with Crippen molar-refractivity contribution in [2.45, 2.75) is 77.7 Å². The number of rotatable bonds is 3. The second-order valence-corrected chi connectivity index (χ2v) is 7.67. The summed E-state index contributed by atoms with van der Waals surface area (Å²) in [4.78, 5) is 16.9. The van der Waals surface area contributed by atoms with Gasteiger partial charge in [0.15, 0.2) is 0 Å². The Balaban J connectivity index is 1.87. The molecule has 3 atom stereocenters. The fraction of sp³-hybridized carbons (Fsp3) is 0.941. The van der Waals surface area contributed by atoms with E-state index >= 15 is 0 Å². The molecule has 2 heterocycles. The number of hydrogen-bond donors (Lipinski definition) is 1. The molecule has 0 aromatic carbocycles. The Labute approximate surface area is 135 Å². The zero-order valence-corrected chi connectivity index (χ0v) is 14.9. The molecule has 0 spiro atoms. The van der Waals surface area contributed by atoms with Crippen LogP contribution in [0.4, 0.5) is 4.79 Å². The van der Waals surface area contributed by atoms with Crippen molar-refractivity contribution in [2.75, 3.05) is 26.2 Å².